The first-order valence-corrected chi connectivity index (χ1v) is 14.6. The smallest absolute Gasteiger partial charge is 0.323 e. The quantitative estimate of drug-likeness (QED) is 0.206. The molecule has 0 spiro atoms. The molecule has 6 nitrogen and oxygen atoms in total. The van der Waals surface area contributed by atoms with Gasteiger partial charge >= 0.3 is 4.87 Å². The standard InChI is InChI=1S/C33H37N3O3S/c1-22(29-10-6-7-11-30(29)25-14-16-26(17-15-25)31-35-32(38)40-36-31)39-21-28(37)20-34-33(2,3)19-23-12-13-24-8-4-5-9-27(24)18-23/h4-14,16-18,22,25,28,34,37H,15,19-21H2,1-3H3,(H,35,36,38)/t22?,25?,28-/m1/s1. The average molecular weight is 556 g/mol. The highest BCUT2D eigenvalue weighted by atomic mass is 32.1. The molecule has 7 heteroatoms. The molecular weight excluding hydrogens is 518 g/mol. The summed E-state index contributed by atoms with van der Waals surface area (Å²) in [4.78, 5) is 14.1. The number of H-pyrrole nitrogens is 1. The molecule has 0 bridgehead atoms. The molecule has 0 fully saturated rings. The number of allylic oxidation sites excluding steroid dienone is 4. The molecule has 0 radical (unpaired) electrons. The highest BCUT2D eigenvalue weighted by Gasteiger charge is 2.22. The molecule has 4 aromatic rings. The second-order valence-corrected chi connectivity index (χ2v) is 11.9. The number of hydrogen-bond donors (Lipinski definition) is 3. The average Bonchev–Trinajstić information content (AvgIpc) is 3.41. The lowest BCUT2D eigenvalue weighted by Gasteiger charge is -2.29. The fraction of sp³-hybridized carbons (Fsp3) is 0.333. The first-order chi connectivity index (χ1) is 19.3. The van der Waals surface area contributed by atoms with Gasteiger partial charge in [-0.15, -0.1) is 0 Å². The summed E-state index contributed by atoms with van der Waals surface area (Å²) in [6.45, 7) is 7.07. The number of fused-ring (bicyclic) bond motifs is 1. The number of hydrogen-bond acceptors (Lipinski definition) is 6. The first kappa shape index (κ1) is 28.2. The van der Waals surface area contributed by atoms with Crippen molar-refractivity contribution in [1.29, 1.82) is 0 Å². The molecule has 0 saturated heterocycles. The number of aliphatic hydroxyl groups is 1. The molecule has 5 rings (SSSR count). The van der Waals surface area contributed by atoms with Gasteiger partial charge in [-0.25, -0.2) is 0 Å². The third-order valence-corrected chi connectivity index (χ3v) is 8.00. The number of nitrogens with one attached hydrogen (secondary N) is 2. The zero-order chi connectivity index (χ0) is 28.1. The Hall–Kier alpha value is -3.36. The Morgan fingerprint density at radius 1 is 1.12 bits per heavy atom. The summed E-state index contributed by atoms with van der Waals surface area (Å²) in [6, 6.07) is 23.3. The third-order valence-electron chi connectivity index (χ3n) is 7.46. The number of β-amino-alcohol motifs (C(OH)–C–C–N with tert-alkyl or cyclic N) is 1. The molecule has 0 saturated carbocycles. The largest absolute Gasteiger partial charge is 0.389 e. The van der Waals surface area contributed by atoms with Gasteiger partial charge in [0.1, 0.15) is 0 Å². The monoisotopic (exact) mass is 555 g/mol. The van der Waals surface area contributed by atoms with E-state index >= 15 is 0 Å². The van der Waals surface area contributed by atoms with Gasteiger partial charge in [0, 0.05) is 35.1 Å². The topological polar surface area (TPSA) is 87.2 Å². The molecule has 40 heavy (non-hydrogen) atoms. The van der Waals surface area contributed by atoms with Gasteiger partial charge in [0.2, 0.25) is 0 Å². The lowest BCUT2D eigenvalue weighted by Crippen LogP contribution is -2.46. The van der Waals surface area contributed by atoms with E-state index in [0.717, 1.165) is 35.5 Å². The van der Waals surface area contributed by atoms with Crippen LogP contribution in [0.5, 0.6) is 0 Å². The molecule has 0 aliphatic heterocycles. The van der Waals surface area contributed by atoms with Crippen molar-refractivity contribution in [3.05, 3.63) is 117 Å². The summed E-state index contributed by atoms with van der Waals surface area (Å²) in [7, 11) is 0. The van der Waals surface area contributed by atoms with Crippen molar-refractivity contribution < 1.29 is 9.84 Å². The molecule has 1 aromatic heterocycles. The van der Waals surface area contributed by atoms with Crippen molar-refractivity contribution in [3.63, 3.8) is 0 Å². The second-order valence-electron chi connectivity index (χ2n) is 11.2. The van der Waals surface area contributed by atoms with Crippen molar-refractivity contribution in [2.75, 3.05) is 13.2 Å². The molecular formula is C33H37N3O3S. The van der Waals surface area contributed by atoms with Crippen LogP contribution in [0.1, 0.15) is 61.7 Å². The minimum Gasteiger partial charge on any atom is -0.389 e. The third kappa shape index (κ3) is 7.04. The summed E-state index contributed by atoms with van der Waals surface area (Å²) >= 11 is 0.937. The molecule has 0 amide bonds. The van der Waals surface area contributed by atoms with Crippen LogP contribution in [0.25, 0.3) is 16.3 Å². The molecule has 208 valence electrons. The van der Waals surface area contributed by atoms with Gasteiger partial charge in [0.25, 0.3) is 0 Å². The zero-order valence-corrected chi connectivity index (χ0v) is 24.1. The van der Waals surface area contributed by atoms with E-state index in [1.807, 2.05) is 25.1 Å². The summed E-state index contributed by atoms with van der Waals surface area (Å²) in [5.41, 5.74) is 4.36. The summed E-state index contributed by atoms with van der Waals surface area (Å²) in [5.74, 6) is 0.830. The van der Waals surface area contributed by atoms with Gasteiger partial charge in [0.05, 0.1) is 18.8 Å². The van der Waals surface area contributed by atoms with Crippen molar-refractivity contribution >= 4 is 27.9 Å². The van der Waals surface area contributed by atoms with Crippen LogP contribution >= 0.6 is 11.5 Å². The molecule has 1 aliphatic carbocycles. The predicted molar refractivity (Wildman–Crippen MR) is 164 cm³/mol. The summed E-state index contributed by atoms with van der Waals surface area (Å²) in [5, 5.41) is 16.8. The maximum absolute atomic E-state index is 11.5. The van der Waals surface area contributed by atoms with Crippen molar-refractivity contribution in [1.82, 2.24) is 14.7 Å². The Balaban J connectivity index is 1.13. The normalized spacial score (nSPS) is 17.1. The number of ether oxygens (including phenoxy) is 1. The maximum Gasteiger partial charge on any atom is 0.323 e. The SMILES string of the molecule is CC(OC[C@H](O)CNC(C)(C)Cc1ccc2ccccc2c1)c1ccccc1C1C=CC(c2nsc(=O)[nH]2)=CC1. The minimum absolute atomic E-state index is 0.145. The van der Waals surface area contributed by atoms with Crippen LogP contribution < -0.4 is 10.2 Å². The number of aliphatic hydroxyl groups excluding tert-OH is 1. The van der Waals surface area contributed by atoms with Crippen LogP contribution in [0.15, 0.2) is 89.8 Å². The van der Waals surface area contributed by atoms with Crippen LogP contribution in [0.4, 0.5) is 0 Å². The number of nitrogens with zero attached hydrogens (tertiary/aromatic N) is 1. The van der Waals surface area contributed by atoms with Crippen LogP contribution in [0.3, 0.4) is 0 Å². The van der Waals surface area contributed by atoms with Gasteiger partial charge in [-0.3, -0.25) is 9.78 Å². The van der Waals surface area contributed by atoms with E-state index in [0.29, 0.717) is 12.4 Å². The molecule has 1 aliphatic rings. The van der Waals surface area contributed by atoms with E-state index < -0.39 is 6.10 Å². The molecule has 1 heterocycles. The van der Waals surface area contributed by atoms with Crippen molar-refractivity contribution in [2.45, 2.75) is 57.3 Å². The number of aromatic nitrogens is 2. The fourth-order valence-electron chi connectivity index (χ4n) is 5.32. The van der Waals surface area contributed by atoms with E-state index in [9.17, 15) is 9.90 Å². The molecule has 3 aromatic carbocycles. The summed E-state index contributed by atoms with van der Waals surface area (Å²) < 4.78 is 10.4. The van der Waals surface area contributed by atoms with E-state index in [1.165, 1.54) is 21.9 Å². The van der Waals surface area contributed by atoms with Gasteiger partial charge in [0.15, 0.2) is 5.82 Å². The van der Waals surface area contributed by atoms with Crippen LogP contribution in [0.2, 0.25) is 0 Å². The Morgan fingerprint density at radius 3 is 2.65 bits per heavy atom. The molecule has 3 N–H and O–H groups in total. The van der Waals surface area contributed by atoms with Crippen molar-refractivity contribution in [3.8, 4) is 0 Å². The predicted octanol–water partition coefficient (Wildman–Crippen LogP) is 6.16. The maximum atomic E-state index is 11.5. The lowest BCUT2D eigenvalue weighted by molar-refractivity contribution is -0.00454. The number of rotatable bonds is 11. The highest BCUT2D eigenvalue weighted by Crippen LogP contribution is 2.34. The van der Waals surface area contributed by atoms with E-state index in [2.05, 4.69) is 95.3 Å². The number of benzene rings is 3. The minimum atomic E-state index is -0.620. The van der Waals surface area contributed by atoms with Gasteiger partial charge in [-0.05, 0) is 61.1 Å². The van der Waals surface area contributed by atoms with Gasteiger partial charge in [-0.1, -0.05) is 85.0 Å². The van der Waals surface area contributed by atoms with Gasteiger partial charge in [-0.2, -0.15) is 4.37 Å². The Morgan fingerprint density at radius 2 is 1.90 bits per heavy atom. The molecule has 3 atom stereocenters. The molecule has 2 unspecified atom stereocenters. The zero-order valence-electron chi connectivity index (χ0n) is 23.3. The Bertz CT molecular complexity index is 1570. The Kier molecular flexibility index (Phi) is 8.76. The van der Waals surface area contributed by atoms with E-state index in [1.54, 1.807) is 0 Å². The Labute approximate surface area is 239 Å². The second kappa shape index (κ2) is 12.4. The van der Waals surface area contributed by atoms with Gasteiger partial charge < -0.3 is 15.2 Å². The highest BCUT2D eigenvalue weighted by molar-refractivity contribution is 7.02. The van der Waals surface area contributed by atoms with Crippen LogP contribution in [0, 0.1) is 0 Å². The number of aromatic amines is 1. The summed E-state index contributed by atoms with van der Waals surface area (Å²) in [6.07, 6.45) is 7.20. The van der Waals surface area contributed by atoms with Crippen LogP contribution in [-0.4, -0.2) is 39.3 Å². The van der Waals surface area contributed by atoms with Crippen molar-refractivity contribution in [2.24, 2.45) is 0 Å². The van der Waals surface area contributed by atoms with E-state index in [-0.39, 0.29) is 29.0 Å². The fourth-order valence-corrected chi connectivity index (χ4v) is 5.79. The van der Waals surface area contributed by atoms with Crippen LogP contribution in [-0.2, 0) is 11.2 Å². The first-order valence-electron chi connectivity index (χ1n) is 13.8. The lowest BCUT2D eigenvalue weighted by atomic mass is 9.86. The van der Waals surface area contributed by atoms with E-state index in [4.69, 9.17) is 4.74 Å².